The number of rotatable bonds is 3. The Morgan fingerprint density at radius 3 is 2.67 bits per heavy atom. The van der Waals surface area contributed by atoms with E-state index in [1.54, 1.807) is 30.3 Å². The third kappa shape index (κ3) is 3.47. The third-order valence-electron chi connectivity index (χ3n) is 5.19. The molecule has 2 heterocycles. The molecule has 3 aromatic rings. The first kappa shape index (κ1) is 18.9. The maximum absolute atomic E-state index is 14.0. The second-order valence-electron chi connectivity index (χ2n) is 7.27. The molecule has 30 heavy (non-hydrogen) atoms. The number of hydrogen-bond donors (Lipinski definition) is 0. The van der Waals surface area contributed by atoms with Crippen molar-refractivity contribution in [1.82, 2.24) is 4.90 Å². The van der Waals surface area contributed by atoms with Crippen LogP contribution in [0.3, 0.4) is 0 Å². The van der Waals surface area contributed by atoms with E-state index < -0.39 is 5.82 Å². The van der Waals surface area contributed by atoms with E-state index in [2.05, 4.69) is 4.90 Å². The van der Waals surface area contributed by atoms with Gasteiger partial charge >= 0.3 is 0 Å². The summed E-state index contributed by atoms with van der Waals surface area (Å²) in [6, 6.07) is 17.4. The van der Waals surface area contributed by atoms with Gasteiger partial charge in [-0.05, 0) is 42.0 Å². The van der Waals surface area contributed by atoms with E-state index in [1.807, 2.05) is 24.3 Å². The van der Waals surface area contributed by atoms with E-state index in [9.17, 15) is 9.18 Å². The summed E-state index contributed by atoms with van der Waals surface area (Å²) in [4.78, 5) is 14.9. The van der Waals surface area contributed by atoms with E-state index in [1.165, 1.54) is 12.1 Å². The number of carbonyl (C=O) groups is 1. The molecule has 5 rings (SSSR count). The summed E-state index contributed by atoms with van der Waals surface area (Å²) >= 11 is 5.96. The zero-order valence-electron chi connectivity index (χ0n) is 15.9. The second kappa shape index (κ2) is 7.59. The molecule has 0 unspecified atom stereocenters. The number of Topliss-reactive ketones (excluding diaryl/α,β-unsaturated/α-hetero) is 1. The van der Waals surface area contributed by atoms with Crippen molar-refractivity contribution in [3.05, 3.63) is 99.5 Å². The van der Waals surface area contributed by atoms with Gasteiger partial charge in [-0.15, -0.1) is 0 Å². The topological polar surface area (TPSA) is 38.8 Å². The van der Waals surface area contributed by atoms with Crippen LogP contribution in [-0.2, 0) is 13.1 Å². The van der Waals surface area contributed by atoms with Crippen LogP contribution in [-0.4, -0.2) is 17.4 Å². The number of fused-ring (bicyclic) bond motifs is 3. The highest BCUT2D eigenvalue weighted by Crippen LogP contribution is 2.42. The molecule has 0 amide bonds. The van der Waals surface area contributed by atoms with Crippen LogP contribution in [0.4, 0.5) is 4.39 Å². The van der Waals surface area contributed by atoms with Gasteiger partial charge in [-0.1, -0.05) is 41.9 Å². The molecule has 0 aromatic heterocycles. The molecule has 0 aliphatic carbocycles. The summed E-state index contributed by atoms with van der Waals surface area (Å²) in [6.45, 7) is 1.67. The van der Waals surface area contributed by atoms with Gasteiger partial charge in [0, 0.05) is 23.7 Å². The minimum atomic E-state index is -0.406. The standard InChI is InChI=1S/C24H17ClFNO3/c25-17-7-5-15(6-8-17)12-27-13-19-21(29-14-27)10-9-18-23(28)22(30-24(18)19)11-16-3-1-2-4-20(16)26/h1-11H,12-14H2/b22-11-. The molecule has 0 radical (unpaired) electrons. The first-order chi connectivity index (χ1) is 14.6. The molecular formula is C24H17ClFNO3. The summed E-state index contributed by atoms with van der Waals surface area (Å²) in [6.07, 6.45) is 1.44. The Morgan fingerprint density at radius 2 is 1.87 bits per heavy atom. The lowest BCUT2D eigenvalue weighted by atomic mass is 10.0. The molecule has 0 atom stereocenters. The molecule has 0 saturated carbocycles. The number of ether oxygens (including phenoxy) is 2. The number of nitrogens with zero attached hydrogens (tertiary/aromatic N) is 1. The van der Waals surface area contributed by atoms with Gasteiger partial charge in [0.15, 0.2) is 5.76 Å². The Bertz CT molecular complexity index is 1170. The van der Waals surface area contributed by atoms with Crippen LogP contribution in [0.2, 0.25) is 5.02 Å². The Labute approximate surface area is 178 Å². The monoisotopic (exact) mass is 421 g/mol. The van der Waals surface area contributed by atoms with Gasteiger partial charge in [-0.2, -0.15) is 0 Å². The maximum atomic E-state index is 14.0. The quantitative estimate of drug-likeness (QED) is 0.527. The van der Waals surface area contributed by atoms with Gasteiger partial charge in [-0.25, -0.2) is 4.39 Å². The molecule has 0 spiro atoms. The smallest absolute Gasteiger partial charge is 0.231 e. The average Bonchev–Trinajstić information content (AvgIpc) is 3.07. The maximum Gasteiger partial charge on any atom is 0.231 e. The van der Waals surface area contributed by atoms with Crippen molar-refractivity contribution in [2.24, 2.45) is 0 Å². The Hall–Kier alpha value is -3.15. The summed E-state index contributed by atoms with van der Waals surface area (Å²) in [5.74, 6) is 0.628. The highest BCUT2D eigenvalue weighted by atomic mass is 35.5. The number of halogens is 2. The molecule has 4 nitrogen and oxygen atoms in total. The summed E-state index contributed by atoms with van der Waals surface area (Å²) in [5.41, 5.74) is 2.70. The Kier molecular flexibility index (Phi) is 4.77. The van der Waals surface area contributed by atoms with E-state index in [0.29, 0.717) is 47.5 Å². The van der Waals surface area contributed by atoms with Gasteiger partial charge in [0.05, 0.1) is 11.1 Å². The summed E-state index contributed by atoms with van der Waals surface area (Å²) in [5, 5.41) is 0.692. The molecular weight excluding hydrogens is 405 g/mol. The lowest BCUT2D eigenvalue weighted by Crippen LogP contribution is -2.31. The van der Waals surface area contributed by atoms with E-state index in [0.717, 1.165) is 11.1 Å². The molecule has 2 aliphatic rings. The highest BCUT2D eigenvalue weighted by molar-refractivity contribution is 6.30. The number of carbonyl (C=O) groups excluding carboxylic acids is 1. The molecule has 0 N–H and O–H groups in total. The first-order valence-electron chi connectivity index (χ1n) is 9.53. The van der Waals surface area contributed by atoms with Crippen molar-refractivity contribution < 1.29 is 18.7 Å². The van der Waals surface area contributed by atoms with Crippen LogP contribution in [0.5, 0.6) is 11.5 Å². The van der Waals surface area contributed by atoms with Crippen molar-refractivity contribution in [3.63, 3.8) is 0 Å². The zero-order valence-corrected chi connectivity index (χ0v) is 16.7. The van der Waals surface area contributed by atoms with E-state index in [4.69, 9.17) is 21.1 Å². The van der Waals surface area contributed by atoms with E-state index >= 15 is 0 Å². The molecule has 0 bridgehead atoms. The van der Waals surface area contributed by atoms with Gasteiger partial charge in [-0.3, -0.25) is 9.69 Å². The van der Waals surface area contributed by atoms with Crippen LogP contribution >= 0.6 is 11.6 Å². The predicted octanol–water partition coefficient (Wildman–Crippen LogP) is 5.45. The SMILES string of the molecule is O=C1/C(=C/c2ccccc2F)Oc2c1ccc1c2CN(Cc2ccc(Cl)cc2)CO1. The largest absolute Gasteiger partial charge is 0.478 e. The van der Waals surface area contributed by atoms with Gasteiger partial charge in [0.1, 0.15) is 24.0 Å². The predicted molar refractivity (Wildman–Crippen MR) is 112 cm³/mol. The lowest BCUT2D eigenvalue weighted by Gasteiger charge is -2.29. The molecule has 0 saturated heterocycles. The summed E-state index contributed by atoms with van der Waals surface area (Å²) < 4.78 is 25.8. The fraction of sp³-hybridized carbons (Fsp3) is 0.125. The van der Waals surface area contributed by atoms with Crippen molar-refractivity contribution >= 4 is 23.5 Å². The third-order valence-corrected chi connectivity index (χ3v) is 5.45. The van der Waals surface area contributed by atoms with Crippen molar-refractivity contribution in [1.29, 1.82) is 0 Å². The molecule has 3 aromatic carbocycles. The molecule has 0 fully saturated rings. The van der Waals surface area contributed by atoms with Crippen LogP contribution < -0.4 is 9.47 Å². The van der Waals surface area contributed by atoms with Crippen molar-refractivity contribution in [3.8, 4) is 11.5 Å². The fourth-order valence-corrected chi connectivity index (χ4v) is 3.81. The second-order valence-corrected chi connectivity index (χ2v) is 7.70. The lowest BCUT2D eigenvalue weighted by molar-refractivity contribution is 0.0873. The highest BCUT2D eigenvalue weighted by Gasteiger charge is 2.33. The number of hydrogen-bond acceptors (Lipinski definition) is 4. The average molecular weight is 422 g/mol. The van der Waals surface area contributed by atoms with Crippen LogP contribution in [0, 0.1) is 5.82 Å². The minimum Gasteiger partial charge on any atom is -0.478 e. The Balaban J connectivity index is 1.43. The molecule has 150 valence electrons. The van der Waals surface area contributed by atoms with E-state index in [-0.39, 0.29) is 11.5 Å². The van der Waals surface area contributed by atoms with Crippen molar-refractivity contribution in [2.75, 3.05) is 6.73 Å². The number of ketones is 1. The first-order valence-corrected chi connectivity index (χ1v) is 9.90. The van der Waals surface area contributed by atoms with Gasteiger partial charge in [0.25, 0.3) is 0 Å². The van der Waals surface area contributed by atoms with Gasteiger partial charge in [0.2, 0.25) is 5.78 Å². The minimum absolute atomic E-state index is 0.110. The normalized spacial score (nSPS) is 16.7. The summed E-state index contributed by atoms with van der Waals surface area (Å²) in [7, 11) is 0. The van der Waals surface area contributed by atoms with Crippen LogP contribution in [0.1, 0.15) is 27.0 Å². The molecule has 2 aliphatic heterocycles. The van der Waals surface area contributed by atoms with Crippen molar-refractivity contribution in [2.45, 2.75) is 13.1 Å². The number of allylic oxidation sites excluding steroid dienone is 1. The van der Waals surface area contributed by atoms with Crippen LogP contribution in [0.25, 0.3) is 6.08 Å². The van der Waals surface area contributed by atoms with Gasteiger partial charge < -0.3 is 9.47 Å². The fourth-order valence-electron chi connectivity index (χ4n) is 3.69. The number of benzene rings is 3. The molecule has 6 heteroatoms. The Morgan fingerprint density at radius 1 is 1.07 bits per heavy atom. The van der Waals surface area contributed by atoms with Crippen LogP contribution in [0.15, 0.2) is 66.4 Å². The zero-order chi connectivity index (χ0) is 20.7.